The van der Waals surface area contributed by atoms with Crippen LogP contribution >= 0.6 is 11.3 Å². The lowest BCUT2D eigenvalue weighted by atomic mass is 10.1. The van der Waals surface area contributed by atoms with Crippen LogP contribution in [0.2, 0.25) is 0 Å². The van der Waals surface area contributed by atoms with Crippen LogP contribution in [-0.4, -0.2) is 15.4 Å². The number of halogens is 3. The molecule has 0 fully saturated rings. The SMILES string of the molecule is N#Cc1[nH]nnc1-c1cccc(-c2ccc(-c3cccc(C(F)(F)F)c3)s2)c1. The van der Waals surface area contributed by atoms with Crippen molar-refractivity contribution in [1.82, 2.24) is 15.4 Å². The number of nitrogens with one attached hydrogen (secondary N) is 1. The molecular formula is C20H11F3N4S. The topological polar surface area (TPSA) is 65.4 Å². The first-order chi connectivity index (χ1) is 13.5. The van der Waals surface area contributed by atoms with E-state index in [4.69, 9.17) is 5.26 Å². The van der Waals surface area contributed by atoms with Crippen LogP contribution in [0.25, 0.3) is 32.1 Å². The molecule has 2 heterocycles. The summed E-state index contributed by atoms with van der Waals surface area (Å²) < 4.78 is 38.9. The largest absolute Gasteiger partial charge is 0.416 e. The fourth-order valence-corrected chi connectivity index (χ4v) is 3.82. The number of aromatic amines is 1. The number of hydrogen-bond acceptors (Lipinski definition) is 4. The molecule has 8 heteroatoms. The molecule has 1 N–H and O–H groups in total. The van der Waals surface area contributed by atoms with Gasteiger partial charge in [0.2, 0.25) is 0 Å². The molecule has 0 bridgehead atoms. The Hall–Kier alpha value is -3.44. The van der Waals surface area contributed by atoms with Crippen molar-refractivity contribution in [3.63, 3.8) is 0 Å². The summed E-state index contributed by atoms with van der Waals surface area (Å²) in [5.74, 6) is 0. The standard InChI is InChI=1S/C20H11F3N4S/c21-20(22,23)15-6-2-4-13(10-15)18-8-7-17(28-18)12-3-1-5-14(9-12)19-16(11-24)25-27-26-19/h1-10H,(H,25,26,27). The average Bonchev–Trinajstić information content (AvgIpc) is 3.37. The minimum Gasteiger partial charge on any atom is -0.247 e. The summed E-state index contributed by atoms with van der Waals surface area (Å²) in [6, 6.07) is 18.4. The quantitative estimate of drug-likeness (QED) is 0.479. The third kappa shape index (κ3) is 3.40. The molecule has 0 unspecified atom stereocenters. The summed E-state index contributed by atoms with van der Waals surface area (Å²) in [7, 11) is 0. The Morgan fingerprint density at radius 1 is 0.893 bits per heavy atom. The molecule has 0 aliphatic rings. The highest BCUT2D eigenvalue weighted by atomic mass is 32.1. The van der Waals surface area contributed by atoms with Gasteiger partial charge in [-0.05, 0) is 41.5 Å². The Morgan fingerprint density at radius 2 is 1.54 bits per heavy atom. The summed E-state index contributed by atoms with van der Waals surface area (Å²) in [5, 5.41) is 19.3. The normalized spacial score (nSPS) is 11.4. The molecule has 0 saturated carbocycles. The smallest absolute Gasteiger partial charge is 0.247 e. The highest BCUT2D eigenvalue weighted by molar-refractivity contribution is 7.18. The van der Waals surface area contributed by atoms with Crippen molar-refractivity contribution >= 4 is 11.3 Å². The van der Waals surface area contributed by atoms with E-state index < -0.39 is 11.7 Å². The predicted molar refractivity (Wildman–Crippen MR) is 100 cm³/mol. The summed E-state index contributed by atoms with van der Waals surface area (Å²) in [6.45, 7) is 0. The molecule has 0 radical (unpaired) electrons. The van der Waals surface area contributed by atoms with Gasteiger partial charge in [0.1, 0.15) is 11.8 Å². The second kappa shape index (κ2) is 6.94. The van der Waals surface area contributed by atoms with Crippen LogP contribution in [0.5, 0.6) is 0 Å². The van der Waals surface area contributed by atoms with E-state index in [1.54, 1.807) is 12.1 Å². The molecule has 0 amide bonds. The van der Waals surface area contributed by atoms with E-state index in [1.165, 1.54) is 17.4 Å². The minimum absolute atomic E-state index is 0.271. The second-order valence-corrected chi connectivity index (χ2v) is 7.05. The number of H-pyrrole nitrogens is 1. The zero-order valence-corrected chi connectivity index (χ0v) is 15.0. The van der Waals surface area contributed by atoms with Crippen molar-refractivity contribution < 1.29 is 13.2 Å². The third-order valence-electron chi connectivity index (χ3n) is 4.16. The minimum atomic E-state index is -4.37. The van der Waals surface area contributed by atoms with Crippen molar-refractivity contribution in [2.75, 3.05) is 0 Å². The Bertz CT molecular complexity index is 1180. The second-order valence-electron chi connectivity index (χ2n) is 5.97. The van der Waals surface area contributed by atoms with E-state index in [0.29, 0.717) is 11.3 Å². The van der Waals surface area contributed by atoms with Gasteiger partial charge in [0.25, 0.3) is 0 Å². The van der Waals surface area contributed by atoms with Crippen molar-refractivity contribution in [2.24, 2.45) is 0 Å². The number of alkyl halides is 3. The maximum Gasteiger partial charge on any atom is 0.416 e. The van der Waals surface area contributed by atoms with Crippen LogP contribution in [0.3, 0.4) is 0 Å². The molecule has 4 nitrogen and oxygen atoms in total. The molecule has 0 aliphatic heterocycles. The number of nitriles is 1. The van der Waals surface area contributed by atoms with Gasteiger partial charge in [0.15, 0.2) is 5.69 Å². The fraction of sp³-hybridized carbons (Fsp3) is 0.0500. The predicted octanol–water partition coefficient (Wildman–Crippen LogP) is 5.76. The van der Waals surface area contributed by atoms with Gasteiger partial charge in [0.05, 0.1) is 5.56 Å². The first-order valence-corrected chi connectivity index (χ1v) is 8.97. The van der Waals surface area contributed by atoms with Crippen LogP contribution in [0.4, 0.5) is 13.2 Å². The lowest BCUT2D eigenvalue weighted by Crippen LogP contribution is -2.04. The lowest BCUT2D eigenvalue weighted by Gasteiger charge is -2.07. The number of rotatable bonds is 3. The zero-order valence-electron chi connectivity index (χ0n) is 14.2. The van der Waals surface area contributed by atoms with Crippen molar-refractivity contribution in [2.45, 2.75) is 6.18 Å². The highest BCUT2D eigenvalue weighted by Gasteiger charge is 2.30. The number of thiophene rings is 1. The van der Waals surface area contributed by atoms with Crippen molar-refractivity contribution in [3.05, 3.63) is 71.9 Å². The molecule has 4 rings (SSSR count). The Morgan fingerprint density at radius 3 is 2.21 bits per heavy atom. The molecule has 0 aliphatic carbocycles. The average molecular weight is 396 g/mol. The van der Waals surface area contributed by atoms with Gasteiger partial charge >= 0.3 is 6.18 Å². The number of hydrogen-bond donors (Lipinski definition) is 1. The molecule has 0 saturated heterocycles. The fourth-order valence-electron chi connectivity index (χ4n) is 2.82. The van der Waals surface area contributed by atoms with Crippen LogP contribution in [-0.2, 0) is 6.18 Å². The summed E-state index contributed by atoms with van der Waals surface area (Å²) in [4.78, 5) is 1.64. The number of nitrogens with zero attached hydrogens (tertiary/aromatic N) is 3. The lowest BCUT2D eigenvalue weighted by molar-refractivity contribution is -0.137. The van der Waals surface area contributed by atoms with E-state index in [0.717, 1.165) is 33.0 Å². The Balaban J connectivity index is 1.69. The summed E-state index contributed by atoms with van der Waals surface area (Å²) in [5.41, 5.74) is 2.19. The van der Waals surface area contributed by atoms with Crippen LogP contribution in [0, 0.1) is 11.3 Å². The molecule has 0 atom stereocenters. The third-order valence-corrected chi connectivity index (χ3v) is 5.34. The van der Waals surface area contributed by atoms with Gasteiger partial charge in [-0.25, -0.2) is 5.10 Å². The molecule has 2 aromatic carbocycles. The van der Waals surface area contributed by atoms with Gasteiger partial charge in [-0.1, -0.05) is 35.5 Å². The van der Waals surface area contributed by atoms with E-state index in [2.05, 4.69) is 15.4 Å². The molecule has 0 spiro atoms. The maximum atomic E-state index is 13.0. The van der Waals surface area contributed by atoms with E-state index in [1.807, 2.05) is 36.4 Å². The maximum absolute atomic E-state index is 13.0. The summed E-state index contributed by atoms with van der Waals surface area (Å²) >= 11 is 1.40. The van der Waals surface area contributed by atoms with Crippen LogP contribution in [0.1, 0.15) is 11.3 Å². The molecule has 2 aromatic heterocycles. The molecule has 28 heavy (non-hydrogen) atoms. The van der Waals surface area contributed by atoms with Crippen LogP contribution < -0.4 is 0 Å². The summed E-state index contributed by atoms with van der Waals surface area (Å²) in [6.07, 6.45) is -4.37. The molecular weight excluding hydrogens is 385 g/mol. The first-order valence-electron chi connectivity index (χ1n) is 8.15. The van der Waals surface area contributed by atoms with Gasteiger partial charge in [-0.2, -0.15) is 18.4 Å². The molecule has 4 aromatic rings. The molecule has 138 valence electrons. The Kier molecular flexibility index (Phi) is 4.45. The van der Waals surface area contributed by atoms with Crippen molar-refractivity contribution in [3.8, 4) is 38.2 Å². The Labute approximate surface area is 161 Å². The van der Waals surface area contributed by atoms with Gasteiger partial charge in [0, 0.05) is 15.3 Å². The number of benzene rings is 2. The van der Waals surface area contributed by atoms with Crippen LogP contribution in [0.15, 0.2) is 60.7 Å². The highest BCUT2D eigenvalue weighted by Crippen LogP contribution is 2.38. The van der Waals surface area contributed by atoms with Gasteiger partial charge in [-0.15, -0.1) is 16.4 Å². The number of aromatic nitrogens is 3. The zero-order chi connectivity index (χ0) is 19.7. The first kappa shape index (κ1) is 17.9. The van der Waals surface area contributed by atoms with E-state index in [-0.39, 0.29) is 5.69 Å². The monoisotopic (exact) mass is 396 g/mol. The van der Waals surface area contributed by atoms with Gasteiger partial charge in [-0.3, -0.25) is 0 Å². The van der Waals surface area contributed by atoms with Gasteiger partial charge < -0.3 is 0 Å². The van der Waals surface area contributed by atoms with E-state index >= 15 is 0 Å². The van der Waals surface area contributed by atoms with Crippen molar-refractivity contribution in [1.29, 1.82) is 5.26 Å². The van der Waals surface area contributed by atoms with E-state index in [9.17, 15) is 13.2 Å².